The molecule has 0 aliphatic carbocycles. The third-order valence-electron chi connectivity index (χ3n) is 0.178. The molecule has 4 heteroatoms. The summed E-state index contributed by atoms with van der Waals surface area (Å²) in [5.74, 6) is 0. The van der Waals surface area contributed by atoms with Crippen LogP contribution in [0.5, 0.6) is 0 Å². The first-order valence-electron chi connectivity index (χ1n) is 1.17. The molecule has 0 aliphatic rings. The summed E-state index contributed by atoms with van der Waals surface area (Å²) in [5.41, 5.74) is 0. The van der Waals surface area contributed by atoms with Crippen LogP contribution in [0.15, 0.2) is 10.3 Å². The molecule has 0 saturated heterocycles. The smallest absolute Gasteiger partial charge is 0.240 e. The van der Waals surface area contributed by atoms with Gasteiger partial charge in [0.25, 0.3) is 0 Å². The molecule has 0 atom stereocenters. The van der Waals surface area contributed by atoms with Crippen LogP contribution in [0.1, 0.15) is 0 Å². The maximum atomic E-state index is 9.31. The van der Waals surface area contributed by atoms with Crippen molar-refractivity contribution in [2.24, 2.45) is 0 Å². The second-order valence-corrected chi connectivity index (χ2v) is 1.28. The second kappa shape index (κ2) is 3.08. The lowest BCUT2D eigenvalue weighted by atomic mass is 11.1. The second-order valence-electron chi connectivity index (χ2n) is 0.560. The zero-order valence-corrected chi connectivity index (χ0v) is 4.95. The van der Waals surface area contributed by atoms with Crippen LogP contribution in [0.4, 0.5) is 0 Å². The molecule has 3 nitrogen and oxygen atoms in total. The van der Waals surface area contributed by atoms with Gasteiger partial charge in [0.1, 0.15) is 0 Å². The van der Waals surface area contributed by atoms with Gasteiger partial charge in [-0.3, -0.25) is 10.1 Å². The third kappa shape index (κ3) is 3.87. The van der Waals surface area contributed by atoms with Crippen LogP contribution in [-0.2, 0) is 0 Å². The zero-order valence-electron chi connectivity index (χ0n) is 2.80. The Morgan fingerprint density at radius 1 is 1.83 bits per heavy atom. The number of hydrogen-bond donors (Lipinski definition) is 0. The van der Waals surface area contributed by atoms with Crippen molar-refractivity contribution in [1.29, 1.82) is 0 Å². The van der Waals surface area contributed by atoms with E-state index in [-0.39, 0.29) is 0 Å². The first kappa shape index (κ1) is 5.87. The van der Waals surface area contributed by atoms with Gasteiger partial charge in [-0.1, -0.05) is 0 Å². The van der Waals surface area contributed by atoms with Gasteiger partial charge >= 0.3 is 0 Å². The fourth-order valence-electron chi connectivity index (χ4n) is 0.0460. The fourth-order valence-corrected chi connectivity index (χ4v) is 0.309. The Morgan fingerprint density at radius 2 is 2.33 bits per heavy atom. The molecule has 0 N–H and O–H groups in total. The van der Waals surface area contributed by atoms with E-state index in [9.17, 15) is 10.1 Å². The summed E-state index contributed by atoms with van der Waals surface area (Å²) in [7, 11) is 0. The zero-order chi connectivity index (χ0) is 4.99. The Hall–Kier alpha value is -0.130. The highest BCUT2D eigenvalue weighted by Crippen LogP contribution is 1.81. The SMILES string of the molecule is O=[N+]([O-])/C=C/I. The molecule has 0 aliphatic heterocycles. The molecule has 0 aromatic carbocycles. The first-order valence-corrected chi connectivity index (χ1v) is 2.42. The summed E-state index contributed by atoms with van der Waals surface area (Å²) in [5, 5.41) is 9.31. The number of hydrogen-bond acceptors (Lipinski definition) is 2. The van der Waals surface area contributed by atoms with Crippen LogP contribution in [0.25, 0.3) is 0 Å². The van der Waals surface area contributed by atoms with Crippen LogP contribution < -0.4 is 0 Å². The molecule has 0 heterocycles. The minimum atomic E-state index is -0.507. The largest absolute Gasteiger partial charge is 0.259 e. The normalized spacial score (nSPS) is 9.50. The van der Waals surface area contributed by atoms with E-state index in [1.165, 1.54) is 4.08 Å². The van der Waals surface area contributed by atoms with E-state index < -0.39 is 4.92 Å². The number of halogens is 1. The van der Waals surface area contributed by atoms with Crippen LogP contribution >= 0.6 is 22.6 Å². The molecule has 0 aromatic rings. The number of nitro groups is 1. The van der Waals surface area contributed by atoms with Crippen LogP contribution in [-0.4, -0.2) is 4.92 Å². The highest BCUT2D eigenvalue weighted by Gasteiger charge is 1.75. The van der Waals surface area contributed by atoms with Gasteiger partial charge in [-0.2, -0.15) is 0 Å². The van der Waals surface area contributed by atoms with Gasteiger partial charge in [0, 0.05) is 4.08 Å². The maximum Gasteiger partial charge on any atom is 0.240 e. The maximum absolute atomic E-state index is 9.31. The standard InChI is InChI=1S/C2H2INO2/c3-1-2-4(5)6/h1-2H/b2-1+. The van der Waals surface area contributed by atoms with Crippen LogP contribution in [0, 0.1) is 10.1 Å². The van der Waals surface area contributed by atoms with E-state index in [1.807, 2.05) is 0 Å². The van der Waals surface area contributed by atoms with Crippen molar-refractivity contribution >= 4 is 22.6 Å². The Kier molecular flexibility index (Phi) is 3.01. The molecule has 0 radical (unpaired) electrons. The molecule has 6 heavy (non-hydrogen) atoms. The lowest BCUT2D eigenvalue weighted by molar-refractivity contribution is -0.401. The van der Waals surface area contributed by atoms with Crippen molar-refractivity contribution in [1.82, 2.24) is 0 Å². The quantitative estimate of drug-likeness (QED) is 0.361. The third-order valence-corrected chi connectivity index (χ3v) is 0.500. The first-order chi connectivity index (χ1) is 2.77. The van der Waals surface area contributed by atoms with Crippen molar-refractivity contribution in [3.63, 3.8) is 0 Å². The molecule has 0 amide bonds. The molecule has 0 bridgehead atoms. The predicted molar refractivity (Wildman–Crippen MR) is 30.2 cm³/mol. The van der Waals surface area contributed by atoms with Crippen molar-refractivity contribution in [3.8, 4) is 0 Å². The summed E-state index contributed by atoms with van der Waals surface area (Å²) in [6.07, 6.45) is 0.876. The molecule has 0 aromatic heterocycles. The van der Waals surface area contributed by atoms with Gasteiger partial charge in [0.2, 0.25) is 6.20 Å². The lowest BCUT2D eigenvalue weighted by Crippen LogP contribution is -1.78. The Morgan fingerprint density at radius 3 is 2.33 bits per heavy atom. The molecule has 34 valence electrons. The number of rotatable bonds is 1. The van der Waals surface area contributed by atoms with E-state index in [2.05, 4.69) is 0 Å². The Balaban J connectivity index is 3.30. The van der Waals surface area contributed by atoms with Crippen molar-refractivity contribution in [3.05, 3.63) is 20.4 Å². The number of nitrogens with zero attached hydrogens (tertiary/aromatic N) is 1. The highest BCUT2D eigenvalue weighted by molar-refractivity contribution is 14.1. The van der Waals surface area contributed by atoms with Gasteiger partial charge < -0.3 is 0 Å². The van der Waals surface area contributed by atoms with Crippen LogP contribution in [0.2, 0.25) is 0 Å². The molecular formula is C2H2INO2. The summed E-state index contributed by atoms with van der Waals surface area (Å²) < 4.78 is 1.34. The van der Waals surface area contributed by atoms with E-state index in [0.717, 1.165) is 6.20 Å². The topological polar surface area (TPSA) is 43.1 Å². The molecule has 0 fully saturated rings. The van der Waals surface area contributed by atoms with Crippen LogP contribution in [0.3, 0.4) is 0 Å². The van der Waals surface area contributed by atoms with E-state index in [4.69, 9.17) is 0 Å². The molecule has 0 rings (SSSR count). The summed E-state index contributed by atoms with van der Waals surface area (Å²) >= 11 is 1.78. The summed E-state index contributed by atoms with van der Waals surface area (Å²) in [6.45, 7) is 0. The van der Waals surface area contributed by atoms with E-state index >= 15 is 0 Å². The molecule has 0 unspecified atom stereocenters. The molecule has 0 spiro atoms. The Labute approximate surface area is 48.3 Å². The van der Waals surface area contributed by atoms with E-state index in [0.29, 0.717) is 0 Å². The van der Waals surface area contributed by atoms with E-state index in [1.54, 1.807) is 22.6 Å². The van der Waals surface area contributed by atoms with Gasteiger partial charge in [-0.25, -0.2) is 0 Å². The van der Waals surface area contributed by atoms with Gasteiger partial charge in [0.05, 0.1) is 4.92 Å². The fraction of sp³-hybridized carbons (Fsp3) is 0. The molecular weight excluding hydrogens is 197 g/mol. The monoisotopic (exact) mass is 199 g/mol. The molecule has 0 saturated carbocycles. The minimum absolute atomic E-state index is 0.507. The van der Waals surface area contributed by atoms with Crippen molar-refractivity contribution in [2.75, 3.05) is 0 Å². The van der Waals surface area contributed by atoms with Gasteiger partial charge in [0.15, 0.2) is 0 Å². The van der Waals surface area contributed by atoms with Gasteiger partial charge in [-0.05, 0) is 22.6 Å². The van der Waals surface area contributed by atoms with Crippen molar-refractivity contribution < 1.29 is 4.92 Å². The lowest BCUT2D eigenvalue weighted by Gasteiger charge is -1.68. The average molecular weight is 199 g/mol. The minimum Gasteiger partial charge on any atom is -0.259 e. The highest BCUT2D eigenvalue weighted by atomic mass is 127. The predicted octanol–water partition coefficient (Wildman–Crippen LogP) is 1.17. The van der Waals surface area contributed by atoms with Gasteiger partial charge in [-0.15, -0.1) is 0 Å². The summed E-state index contributed by atoms with van der Waals surface area (Å²) in [6, 6.07) is 0. The average Bonchev–Trinajstić information content (AvgIpc) is 1.35. The van der Waals surface area contributed by atoms with Crippen molar-refractivity contribution in [2.45, 2.75) is 0 Å². The Bertz CT molecular complexity index is 79.6. The summed E-state index contributed by atoms with van der Waals surface area (Å²) in [4.78, 5) is 8.81.